The zero-order valence-corrected chi connectivity index (χ0v) is 15.5. The number of urea groups is 1. The Balaban J connectivity index is 1.93. The monoisotopic (exact) mass is 363 g/mol. The molecule has 0 saturated heterocycles. The number of hydrogen-bond acceptors (Lipinski definition) is 5. The molecule has 1 unspecified atom stereocenters. The van der Waals surface area contributed by atoms with Crippen LogP contribution in [0.3, 0.4) is 0 Å². The highest BCUT2D eigenvalue weighted by atomic mass is 16.5. The van der Waals surface area contributed by atoms with Crippen LogP contribution in [0.2, 0.25) is 0 Å². The first-order valence-electron chi connectivity index (χ1n) is 8.73. The second-order valence-corrected chi connectivity index (χ2v) is 6.67. The number of esters is 1. The standard InChI is InChI=1S/C18H25N3O5/c1-9-14(11(3)22)10(2)19-15(9)17(24)26-12(4)16(23)21-18(25)20-13-7-5-6-8-13/h12-13,19H,5-8H2,1-4H3,(H2,20,21,23,25). The smallest absolute Gasteiger partial charge is 0.355 e. The fourth-order valence-corrected chi connectivity index (χ4v) is 3.26. The van der Waals surface area contributed by atoms with Gasteiger partial charge in [0.1, 0.15) is 5.69 Å². The summed E-state index contributed by atoms with van der Waals surface area (Å²) in [4.78, 5) is 50.6. The number of carbonyl (C=O) groups is 4. The van der Waals surface area contributed by atoms with Crippen molar-refractivity contribution in [3.05, 3.63) is 22.5 Å². The zero-order chi connectivity index (χ0) is 19.4. The third-order valence-corrected chi connectivity index (χ3v) is 4.57. The van der Waals surface area contributed by atoms with Crippen LogP contribution in [-0.2, 0) is 9.53 Å². The van der Waals surface area contributed by atoms with Crippen molar-refractivity contribution in [2.45, 2.75) is 65.5 Å². The van der Waals surface area contributed by atoms with Crippen LogP contribution >= 0.6 is 0 Å². The van der Waals surface area contributed by atoms with Crippen LogP contribution in [0.15, 0.2) is 0 Å². The molecule has 26 heavy (non-hydrogen) atoms. The number of hydrogen-bond donors (Lipinski definition) is 3. The van der Waals surface area contributed by atoms with Crippen LogP contribution in [0.25, 0.3) is 0 Å². The number of aromatic nitrogens is 1. The van der Waals surface area contributed by atoms with E-state index in [9.17, 15) is 19.2 Å². The van der Waals surface area contributed by atoms with Gasteiger partial charge in [0, 0.05) is 17.3 Å². The summed E-state index contributed by atoms with van der Waals surface area (Å²) in [5.74, 6) is -1.62. The van der Waals surface area contributed by atoms with Crippen LogP contribution in [-0.4, -0.2) is 40.8 Å². The molecule has 1 aromatic heterocycles. The number of amides is 3. The Morgan fingerprint density at radius 2 is 1.77 bits per heavy atom. The largest absolute Gasteiger partial charge is 0.448 e. The Bertz CT molecular complexity index is 731. The van der Waals surface area contributed by atoms with Crippen molar-refractivity contribution in [1.29, 1.82) is 0 Å². The number of aromatic amines is 1. The second-order valence-electron chi connectivity index (χ2n) is 6.67. The lowest BCUT2D eigenvalue weighted by atomic mass is 10.1. The average molecular weight is 363 g/mol. The van der Waals surface area contributed by atoms with E-state index in [1.807, 2.05) is 0 Å². The van der Waals surface area contributed by atoms with Gasteiger partial charge in [-0.05, 0) is 46.1 Å². The number of ether oxygens (including phenoxy) is 1. The summed E-state index contributed by atoms with van der Waals surface area (Å²) < 4.78 is 5.12. The Morgan fingerprint density at radius 1 is 1.15 bits per heavy atom. The number of aryl methyl sites for hydroxylation is 1. The van der Waals surface area contributed by atoms with Crippen LogP contribution in [0.4, 0.5) is 4.79 Å². The number of Topliss-reactive ketones (excluding diaryl/α,β-unsaturated/α-hetero) is 1. The molecular weight excluding hydrogens is 338 g/mol. The SMILES string of the molecule is CC(=O)c1c(C)[nH]c(C(=O)OC(C)C(=O)NC(=O)NC2CCCC2)c1C. The quantitative estimate of drug-likeness (QED) is 0.547. The predicted molar refractivity (Wildman–Crippen MR) is 94.1 cm³/mol. The van der Waals surface area contributed by atoms with Crippen molar-refractivity contribution in [3.63, 3.8) is 0 Å². The van der Waals surface area contributed by atoms with E-state index in [1.165, 1.54) is 13.8 Å². The molecule has 1 aromatic rings. The van der Waals surface area contributed by atoms with Gasteiger partial charge >= 0.3 is 12.0 Å². The highest BCUT2D eigenvalue weighted by Gasteiger charge is 2.26. The maximum atomic E-state index is 12.3. The minimum Gasteiger partial charge on any atom is -0.448 e. The lowest BCUT2D eigenvalue weighted by Crippen LogP contribution is -2.47. The van der Waals surface area contributed by atoms with Crippen LogP contribution in [0, 0.1) is 13.8 Å². The van der Waals surface area contributed by atoms with E-state index >= 15 is 0 Å². The van der Waals surface area contributed by atoms with Crippen molar-refractivity contribution in [1.82, 2.24) is 15.6 Å². The van der Waals surface area contributed by atoms with E-state index in [2.05, 4.69) is 15.6 Å². The summed E-state index contributed by atoms with van der Waals surface area (Å²) in [6.07, 6.45) is 2.76. The molecule has 2 rings (SSSR count). The van der Waals surface area contributed by atoms with Gasteiger partial charge < -0.3 is 15.0 Å². The highest BCUT2D eigenvalue weighted by Crippen LogP contribution is 2.20. The minimum absolute atomic E-state index is 0.0789. The van der Waals surface area contributed by atoms with Crippen molar-refractivity contribution in [2.24, 2.45) is 0 Å². The number of nitrogens with one attached hydrogen (secondary N) is 3. The Labute approximate surface area is 152 Å². The first-order chi connectivity index (χ1) is 12.2. The van der Waals surface area contributed by atoms with Gasteiger partial charge in [-0.25, -0.2) is 9.59 Å². The molecule has 1 aliphatic rings. The van der Waals surface area contributed by atoms with Gasteiger partial charge in [0.2, 0.25) is 0 Å². The maximum absolute atomic E-state index is 12.3. The number of H-pyrrole nitrogens is 1. The molecule has 8 heteroatoms. The van der Waals surface area contributed by atoms with Gasteiger partial charge in [0.25, 0.3) is 5.91 Å². The van der Waals surface area contributed by atoms with E-state index in [1.54, 1.807) is 13.8 Å². The third-order valence-electron chi connectivity index (χ3n) is 4.57. The maximum Gasteiger partial charge on any atom is 0.355 e. The van der Waals surface area contributed by atoms with Gasteiger partial charge in [0.05, 0.1) is 0 Å². The summed E-state index contributed by atoms with van der Waals surface area (Å²) in [6, 6.07) is -0.509. The molecule has 1 atom stereocenters. The number of imide groups is 1. The molecule has 0 radical (unpaired) electrons. The first kappa shape index (κ1) is 19.7. The molecular formula is C18H25N3O5. The molecule has 1 heterocycles. The first-order valence-corrected chi connectivity index (χ1v) is 8.73. The summed E-state index contributed by atoms with van der Waals surface area (Å²) >= 11 is 0. The normalized spacial score (nSPS) is 15.4. The van der Waals surface area contributed by atoms with Crippen molar-refractivity contribution >= 4 is 23.7 Å². The molecule has 142 valence electrons. The molecule has 1 saturated carbocycles. The summed E-state index contributed by atoms with van der Waals surface area (Å²) in [7, 11) is 0. The van der Waals surface area contributed by atoms with Crippen LogP contribution < -0.4 is 10.6 Å². The van der Waals surface area contributed by atoms with Gasteiger partial charge in [-0.3, -0.25) is 14.9 Å². The van der Waals surface area contributed by atoms with E-state index in [0.717, 1.165) is 25.7 Å². The number of carbonyl (C=O) groups excluding carboxylic acids is 4. The summed E-state index contributed by atoms with van der Waals surface area (Å²) in [6.45, 7) is 6.12. The summed E-state index contributed by atoms with van der Waals surface area (Å²) in [5.41, 5.74) is 1.61. The number of rotatable bonds is 5. The molecule has 0 spiro atoms. The van der Waals surface area contributed by atoms with E-state index < -0.39 is 24.0 Å². The van der Waals surface area contributed by atoms with Gasteiger partial charge in [-0.15, -0.1) is 0 Å². The van der Waals surface area contributed by atoms with Crippen molar-refractivity contribution in [2.75, 3.05) is 0 Å². The van der Waals surface area contributed by atoms with Gasteiger partial charge in [-0.2, -0.15) is 0 Å². The molecule has 3 amide bonds. The molecule has 1 aliphatic carbocycles. The van der Waals surface area contributed by atoms with E-state index in [4.69, 9.17) is 4.74 Å². The third kappa shape index (κ3) is 4.50. The summed E-state index contributed by atoms with van der Waals surface area (Å²) in [5, 5.41) is 4.91. The molecule has 8 nitrogen and oxygen atoms in total. The highest BCUT2D eigenvalue weighted by molar-refractivity contribution is 6.02. The fourth-order valence-electron chi connectivity index (χ4n) is 3.26. The topological polar surface area (TPSA) is 117 Å². The van der Waals surface area contributed by atoms with Gasteiger partial charge in [0.15, 0.2) is 11.9 Å². The lowest BCUT2D eigenvalue weighted by molar-refractivity contribution is -0.127. The Morgan fingerprint density at radius 3 is 2.31 bits per heavy atom. The number of ketones is 1. The van der Waals surface area contributed by atoms with E-state index in [0.29, 0.717) is 16.8 Å². The minimum atomic E-state index is -1.15. The van der Waals surface area contributed by atoms with Crippen LogP contribution in [0.5, 0.6) is 0 Å². The fraction of sp³-hybridized carbons (Fsp3) is 0.556. The predicted octanol–water partition coefficient (Wildman–Crippen LogP) is 2.15. The van der Waals surface area contributed by atoms with Crippen LogP contribution in [0.1, 0.15) is 71.6 Å². The molecule has 0 bridgehead atoms. The molecule has 0 aromatic carbocycles. The van der Waals surface area contributed by atoms with Crippen molar-refractivity contribution < 1.29 is 23.9 Å². The molecule has 1 fully saturated rings. The average Bonchev–Trinajstić information content (AvgIpc) is 3.14. The molecule has 3 N–H and O–H groups in total. The second kappa shape index (κ2) is 8.16. The van der Waals surface area contributed by atoms with Crippen molar-refractivity contribution in [3.8, 4) is 0 Å². The van der Waals surface area contributed by atoms with Gasteiger partial charge in [-0.1, -0.05) is 12.8 Å². The lowest BCUT2D eigenvalue weighted by Gasteiger charge is -2.15. The van der Waals surface area contributed by atoms with E-state index in [-0.39, 0.29) is 17.5 Å². The Kier molecular flexibility index (Phi) is 6.18. The zero-order valence-electron chi connectivity index (χ0n) is 15.5. The Hall–Kier alpha value is -2.64. The molecule has 0 aliphatic heterocycles.